The second-order valence-corrected chi connectivity index (χ2v) is 6.40. The second-order valence-electron chi connectivity index (χ2n) is 6.40. The molecule has 0 unspecified atom stereocenters. The predicted molar refractivity (Wildman–Crippen MR) is 90.9 cm³/mol. The first kappa shape index (κ1) is 16.6. The quantitative estimate of drug-likeness (QED) is 0.864. The van der Waals surface area contributed by atoms with Crippen LogP contribution in [-0.2, 0) is 4.79 Å². The van der Waals surface area contributed by atoms with Crippen molar-refractivity contribution < 1.29 is 14.3 Å². The largest absolute Gasteiger partial charge is 0.495 e. The maximum absolute atomic E-state index is 12.3. The average molecular weight is 332 g/mol. The van der Waals surface area contributed by atoms with Crippen molar-refractivity contribution >= 4 is 17.6 Å². The number of para-hydroxylation sites is 2. The molecule has 24 heavy (non-hydrogen) atoms. The Labute approximate surface area is 141 Å². The number of nitrogens with one attached hydrogen (secondary N) is 1. The topological polar surface area (TPSA) is 87.9 Å². The molecule has 2 aliphatic rings. The van der Waals surface area contributed by atoms with E-state index in [4.69, 9.17) is 10.5 Å². The number of nitrogens with zero attached hydrogens (tertiary/aromatic N) is 2. The van der Waals surface area contributed by atoms with Crippen molar-refractivity contribution in [1.82, 2.24) is 9.80 Å². The highest BCUT2D eigenvalue weighted by Gasteiger charge is 2.37. The molecule has 2 aliphatic heterocycles. The van der Waals surface area contributed by atoms with Gasteiger partial charge in [-0.25, -0.2) is 4.79 Å². The van der Waals surface area contributed by atoms with Gasteiger partial charge in [-0.2, -0.15) is 0 Å². The molecule has 7 nitrogen and oxygen atoms in total. The molecular weight excluding hydrogens is 308 g/mol. The Hall–Kier alpha value is -2.28. The highest BCUT2D eigenvalue weighted by Crippen LogP contribution is 2.26. The van der Waals surface area contributed by atoms with Gasteiger partial charge in [-0.3, -0.25) is 9.69 Å². The fourth-order valence-electron chi connectivity index (χ4n) is 3.34. The molecule has 2 saturated heterocycles. The minimum Gasteiger partial charge on any atom is -0.495 e. The fourth-order valence-corrected chi connectivity index (χ4v) is 3.34. The lowest BCUT2D eigenvalue weighted by molar-refractivity contribution is -0.123. The zero-order chi connectivity index (χ0) is 17.1. The standard InChI is InChI=1S/C17H24N4O3/c1-24-15-5-3-2-4-14(15)19-17(23)21-10-13(11-21)20-8-6-12(7-9-20)16(18)22/h2-5,12-13H,6-11H2,1H3,(H2,18,22)(H,19,23). The van der Waals surface area contributed by atoms with Gasteiger partial charge in [-0.05, 0) is 38.1 Å². The highest BCUT2D eigenvalue weighted by molar-refractivity contribution is 5.91. The number of piperidine rings is 1. The minimum atomic E-state index is -0.193. The third kappa shape index (κ3) is 3.46. The molecule has 0 aromatic heterocycles. The molecule has 0 spiro atoms. The third-order valence-electron chi connectivity index (χ3n) is 4.95. The van der Waals surface area contributed by atoms with Crippen molar-refractivity contribution in [3.8, 4) is 5.75 Å². The summed E-state index contributed by atoms with van der Waals surface area (Å²) in [5, 5.41) is 2.89. The average Bonchev–Trinajstić information content (AvgIpc) is 2.54. The number of hydrogen-bond donors (Lipinski definition) is 2. The van der Waals surface area contributed by atoms with E-state index in [-0.39, 0.29) is 17.9 Å². The normalized spacial score (nSPS) is 19.6. The summed E-state index contributed by atoms with van der Waals surface area (Å²) >= 11 is 0. The predicted octanol–water partition coefficient (Wildman–Crippen LogP) is 1.11. The lowest BCUT2D eigenvalue weighted by Crippen LogP contribution is -2.63. The summed E-state index contributed by atoms with van der Waals surface area (Å²) in [5.74, 6) is 0.462. The van der Waals surface area contributed by atoms with Crippen LogP contribution in [-0.4, -0.2) is 61.1 Å². The first-order valence-electron chi connectivity index (χ1n) is 8.31. The number of urea groups is 1. The first-order valence-corrected chi connectivity index (χ1v) is 8.31. The smallest absolute Gasteiger partial charge is 0.322 e. The molecule has 0 saturated carbocycles. The van der Waals surface area contributed by atoms with Gasteiger partial charge in [0.1, 0.15) is 5.75 Å². The van der Waals surface area contributed by atoms with E-state index in [1.54, 1.807) is 12.0 Å². The maximum atomic E-state index is 12.3. The zero-order valence-electron chi connectivity index (χ0n) is 13.9. The van der Waals surface area contributed by atoms with Gasteiger partial charge in [-0.15, -0.1) is 0 Å². The lowest BCUT2D eigenvalue weighted by atomic mass is 9.94. The number of nitrogens with two attached hydrogens (primary N) is 1. The SMILES string of the molecule is COc1ccccc1NC(=O)N1CC(N2CCC(C(N)=O)CC2)C1. The van der Waals surface area contributed by atoms with Crippen LogP contribution >= 0.6 is 0 Å². The van der Waals surface area contributed by atoms with Crippen LogP contribution < -0.4 is 15.8 Å². The van der Waals surface area contributed by atoms with Gasteiger partial charge in [0.15, 0.2) is 0 Å². The van der Waals surface area contributed by atoms with E-state index in [1.807, 2.05) is 24.3 Å². The van der Waals surface area contributed by atoms with Gasteiger partial charge in [0.25, 0.3) is 0 Å². The van der Waals surface area contributed by atoms with E-state index in [9.17, 15) is 9.59 Å². The van der Waals surface area contributed by atoms with Crippen LogP contribution in [0.4, 0.5) is 10.5 Å². The minimum absolute atomic E-state index is 0.00581. The van der Waals surface area contributed by atoms with Gasteiger partial charge in [0.05, 0.1) is 12.8 Å². The number of rotatable bonds is 4. The van der Waals surface area contributed by atoms with Crippen LogP contribution in [0.5, 0.6) is 5.75 Å². The molecule has 130 valence electrons. The van der Waals surface area contributed by atoms with Crippen LogP contribution in [0, 0.1) is 5.92 Å². The molecule has 1 aromatic rings. The molecule has 2 heterocycles. The number of carbonyl (C=O) groups is 2. The number of likely N-dealkylation sites (tertiary alicyclic amines) is 2. The summed E-state index contributed by atoms with van der Waals surface area (Å²) in [6, 6.07) is 7.63. The summed E-state index contributed by atoms with van der Waals surface area (Å²) in [6.07, 6.45) is 1.64. The van der Waals surface area contributed by atoms with Crippen LogP contribution in [0.3, 0.4) is 0 Å². The van der Waals surface area contributed by atoms with Gasteiger partial charge in [0, 0.05) is 25.0 Å². The molecule has 0 aliphatic carbocycles. The maximum Gasteiger partial charge on any atom is 0.322 e. The van der Waals surface area contributed by atoms with Crippen molar-refractivity contribution in [2.45, 2.75) is 18.9 Å². The summed E-state index contributed by atoms with van der Waals surface area (Å²) in [7, 11) is 1.58. The molecule has 0 atom stereocenters. The van der Waals surface area contributed by atoms with Gasteiger partial charge in [0.2, 0.25) is 5.91 Å². The lowest BCUT2D eigenvalue weighted by Gasteiger charge is -2.47. The Balaban J connectivity index is 1.46. The first-order chi connectivity index (χ1) is 11.6. The Kier molecular flexibility index (Phi) is 4.89. The number of anilines is 1. The van der Waals surface area contributed by atoms with E-state index in [0.29, 0.717) is 30.6 Å². The number of carbonyl (C=O) groups excluding carboxylic acids is 2. The van der Waals surface area contributed by atoms with E-state index in [0.717, 1.165) is 25.9 Å². The second kappa shape index (κ2) is 7.09. The van der Waals surface area contributed by atoms with Gasteiger partial charge < -0.3 is 20.7 Å². The monoisotopic (exact) mass is 332 g/mol. The summed E-state index contributed by atoms with van der Waals surface area (Å²) in [6.45, 7) is 3.17. The highest BCUT2D eigenvalue weighted by atomic mass is 16.5. The van der Waals surface area contributed by atoms with E-state index in [1.165, 1.54) is 0 Å². The number of amides is 3. The van der Waals surface area contributed by atoms with Crippen LogP contribution in [0.1, 0.15) is 12.8 Å². The van der Waals surface area contributed by atoms with Gasteiger partial charge >= 0.3 is 6.03 Å². The summed E-state index contributed by atoms with van der Waals surface area (Å²) < 4.78 is 5.24. The van der Waals surface area contributed by atoms with Crippen molar-refractivity contribution in [2.75, 3.05) is 38.6 Å². The van der Waals surface area contributed by atoms with E-state index < -0.39 is 0 Å². The molecule has 1 aromatic carbocycles. The Morgan fingerprint density at radius 1 is 1.21 bits per heavy atom. The molecule has 0 bridgehead atoms. The molecule has 3 N–H and O–H groups in total. The Morgan fingerprint density at radius 3 is 2.50 bits per heavy atom. The van der Waals surface area contributed by atoms with Crippen molar-refractivity contribution in [2.24, 2.45) is 11.7 Å². The van der Waals surface area contributed by atoms with Crippen LogP contribution in [0.25, 0.3) is 0 Å². The number of hydrogen-bond acceptors (Lipinski definition) is 4. The molecule has 7 heteroatoms. The number of primary amides is 1. The number of methoxy groups -OCH3 is 1. The van der Waals surface area contributed by atoms with E-state index in [2.05, 4.69) is 10.2 Å². The Morgan fingerprint density at radius 2 is 1.88 bits per heavy atom. The van der Waals surface area contributed by atoms with Crippen molar-refractivity contribution in [3.05, 3.63) is 24.3 Å². The molecule has 2 fully saturated rings. The molecule has 3 amide bonds. The summed E-state index contributed by atoms with van der Waals surface area (Å²) in [5.41, 5.74) is 6.04. The fraction of sp³-hybridized carbons (Fsp3) is 0.529. The van der Waals surface area contributed by atoms with E-state index >= 15 is 0 Å². The van der Waals surface area contributed by atoms with Gasteiger partial charge in [-0.1, -0.05) is 12.1 Å². The number of benzene rings is 1. The Bertz CT molecular complexity index is 608. The number of ether oxygens (including phenoxy) is 1. The van der Waals surface area contributed by atoms with Crippen molar-refractivity contribution in [1.29, 1.82) is 0 Å². The zero-order valence-corrected chi connectivity index (χ0v) is 13.9. The third-order valence-corrected chi connectivity index (χ3v) is 4.95. The molecule has 3 rings (SSSR count). The molecule has 0 radical (unpaired) electrons. The molecular formula is C17H24N4O3. The van der Waals surface area contributed by atoms with Crippen molar-refractivity contribution in [3.63, 3.8) is 0 Å². The van der Waals surface area contributed by atoms with Crippen LogP contribution in [0.2, 0.25) is 0 Å². The van der Waals surface area contributed by atoms with Crippen LogP contribution in [0.15, 0.2) is 24.3 Å². The summed E-state index contributed by atoms with van der Waals surface area (Å²) in [4.78, 5) is 27.7.